The van der Waals surface area contributed by atoms with Crippen LogP contribution in [0.15, 0.2) is 66.9 Å². The van der Waals surface area contributed by atoms with Gasteiger partial charge in [-0.15, -0.1) is 0 Å². The molecule has 0 aliphatic carbocycles. The Morgan fingerprint density at radius 2 is 1.72 bits per heavy atom. The van der Waals surface area contributed by atoms with E-state index in [9.17, 15) is 13.2 Å². The summed E-state index contributed by atoms with van der Waals surface area (Å²) < 4.78 is 31.6. The highest BCUT2D eigenvalue weighted by Crippen LogP contribution is 2.15. The van der Waals surface area contributed by atoms with Crippen LogP contribution in [0.3, 0.4) is 0 Å². The first-order valence-corrected chi connectivity index (χ1v) is 9.35. The number of benzene rings is 2. The van der Waals surface area contributed by atoms with Crippen LogP contribution in [0.1, 0.15) is 10.4 Å². The number of rotatable bonds is 9. The van der Waals surface area contributed by atoms with Crippen molar-refractivity contribution in [1.29, 1.82) is 0 Å². The van der Waals surface area contributed by atoms with Crippen molar-refractivity contribution in [1.82, 2.24) is 0 Å². The average Bonchev–Trinajstić information content (AvgIpc) is 2.60. The molecule has 0 spiro atoms. The van der Waals surface area contributed by atoms with Crippen molar-refractivity contribution >= 4 is 21.6 Å². The van der Waals surface area contributed by atoms with Gasteiger partial charge in [0.15, 0.2) is 5.78 Å². The van der Waals surface area contributed by atoms with Gasteiger partial charge in [-0.3, -0.25) is 8.98 Å². The van der Waals surface area contributed by atoms with E-state index in [1.807, 2.05) is 18.2 Å². The summed E-state index contributed by atoms with van der Waals surface area (Å²) >= 11 is 0. The predicted molar refractivity (Wildman–Crippen MR) is 96.3 cm³/mol. The quantitative estimate of drug-likeness (QED) is 0.320. The number of carbonyl (C=O) groups excluding carboxylic acids is 1. The molecule has 0 heterocycles. The molecule has 0 bridgehead atoms. The van der Waals surface area contributed by atoms with E-state index in [4.69, 9.17) is 4.74 Å². The molecule has 1 N–H and O–H groups in total. The van der Waals surface area contributed by atoms with Crippen molar-refractivity contribution in [2.45, 2.75) is 0 Å². The smallest absolute Gasteiger partial charge is 0.264 e. The van der Waals surface area contributed by atoms with Gasteiger partial charge in [-0.2, -0.15) is 8.42 Å². The molecule has 0 aliphatic heterocycles. The fourth-order valence-corrected chi connectivity index (χ4v) is 2.28. The van der Waals surface area contributed by atoms with E-state index >= 15 is 0 Å². The topological polar surface area (TPSA) is 81.7 Å². The lowest BCUT2D eigenvalue weighted by Gasteiger charge is -2.07. The van der Waals surface area contributed by atoms with E-state index in [2.05, 4.69) is 9.50 Å². The van der Waals surface area contributed by atoms with Crippen LogP contribution in [-0.4, -0.2) is 33.7 Å². The first kappa shape index (κ1) is 18.7. The van der Waals surface area contributed by atoms with Gasteiger partial charge in [0, 0.05) is 23.5 Å². The molecule has 0 aromatic heterocycles. The Balaban J connectivity index is 1.78. The van der Waals surface area contributed by atoms with Crippen LogP contribution < -0.4 is 10.1 Å². The number of ether oxygens (including phenoxy) is 1. The van der Waals surface area contributed by atoms with Crippen molar-refractivity contribution in [2.24, 2.45) is 0 Å². The molecule has 0 atom stereocenters. The molecule has 2 aromatic rings. The lowest BCUT2D eigenvalue weighted by molar-refractivity contribution is 0.104. The minimum absolute atomic E-state index is 0.0385. The highest BCUT2D eigenvalue weighted by Gasteiger charge is 2.02. The fourth-order valence-electron chi connectivity index (χ4n) is 1.90. The second kappa shape index (κ2) is 9.00. The number of allylic oxidation sites excluding steroid dienone is 1. The number of nitrogens with one attached hydrogen (secondary N) is 1. The van der Waals surface area contributed by atoms with E-state index in [0.29, 0.717) is 11.3 Å². The lowest BCUT2D eigenvalue weighted by atomic mass is 10.1. The highest BCUT2D eigenvalue weighted by atomic mass is 32.2. The van der Waals surface area contributed by atoms with Crippen LogP contribution in [-0.2, 0) is 14.3 Å². The van der Waals surface area contributed by atoms with Gasteiger partial charge in [-0.25, -0.2) is 0 Å². The van der Waals surface area contributed by atoms with Crippen LogP contribution in [0.25, 0.3) is 0 Å². The summed E-state index contributed by atoms with van der Waals surface area (Å²) in [4.78, 5) is 11.9. The van der Waals surface area contributed by atoms with Crippen molar-refractivity contribution in [3.63, 3.8) is 0 Å². The van der Waals surface area contributed by atoms with E-state index in [0.717, 1.165) is 11.9 Å². The van der Waals surface area contributed by atoms with Gasteiger partial charge >= 0.3 is 0 Å². The van der Waals surface area contributed by atoms with Gasteiger partial charge in [0.1, 0.15) is 19.0 Å². The summed E-state index contributed by atoms with van der Waals surface area (Å²) in [5.41, 5.74) is 1.41. The summed E-state index contributed by atoms with van der Waals surface area (Å²) in [5.74, 6) is 0.505. The Bertz CT molecular complexity index is 814. The summed E-state index contributed by atoms with van der Waals surface area (Å²) in [6.07, 6.45) is 4.02. The first-order valence-electron chi connectivity index (χ1n) is 7.54. The number of ketones is 1. The summed E-state index contributed by atoms with van der Waals surface area (Å²) in [5, 5.41) is 3.00. The average molecular weight is 361 g/mol. The molecule has 0 amide bonds. The van der Waals surface area contributed by atoms with Gasteiger partial charge < -0.3 is 10.1 Å². The zero-order valence-electron chi connectivity index (χ0n) is 13.7. The van der Waals surface area contributed by atoms with Crippen molar-refractivity contribution in [3.05, 3.63) is 72.4 Å². The van der Waals surface area contributed by atoms with Crippen molar-refractivity contribution in [2.75, 3.05) is 24.8 Å². The van der Waals surface area contributed by atoms with Gasteiger partial charge in [0.2, 0.25) is 0 Å². The predicted octanol–water partition coefficient (Wildman–Crippen LogP) is 2.85. The molecule has 0 fully saturated rings. The van der Waals surface area contributed by atoms with Crippen LogP contribution in [0.4, 0.5) is 5.69 Å². The van der Waals surface area contributed by atoms with Gasteiger partial charge in [0.05, 0.1) is 6.26 Å². The Kier molecular flexibility index (Phi) is 6.73. The van der Waals surface area contributed by atoms with Gasteiger partial charge in [0.25, 0.3) is 10.1 Å². The maximum Gasteiger partial charge on any atom is 0.264 e. The van der Waals surface area contributed by atoms with E-state index in [-0.39, 0.29) is 19.0 Å². The lowest BCUT2D eigenvalue weighted by Crippen LogP contribution is -2.11. The molecule has 2 aromatic carbocycles. The zero-order chi connectivity index (χ0) is 18.1. The molecule has 0 saturated heterocycles. The monoisotopic (exact) mass is 361 g/mol. The summed E-state index contributed by atoms with van der Waals surface area (Å²) in [6, 6.07) is 16.0. The highest BCUT2D eigenvalue weighted by molar-refractivity contribution is 7.85. The molecule has 132 valence electrons. The normalized spacial score (nSPS) is 11.4. The molecular weight excluding hydrogens is 342 g/mol. The van der Waals surface area contributed by atoms with E-state index in [1.54, 1.807) is 42.6 Å². The SMILES string of the molecule is CS(=O)(=O)OCCOc1ccc(N/C=C/C(=O)c2ccccc2)cc1. The molecule has 25 heavy (non-hydrogen) atoms. The van der Waals surface area contributed by atoms with E-state index in [1.165, 1.54) is 6.08 Å². The largest absolute Gasteiger partial charge is 0.491 e. The van der Waals surface area contributed by atoms with Crippen LogP contribution in [0.2, 0.25) is 0 Å². The van der Waals surface area contributed by atoms with Crippen molar-refractivity contribution < 1.29 is 22.1 Å². The molecular formula is C18H19NO5S. The third kappa shape index (κ3) is 7.19. The molecule has 0 unspecified atom stereocenters. The Labute approximate surface area is 147 Å². The number of carbonyl (C=O) groups is 1. The van der Waals surface area contributed by atoms with Crippen LogP contribution in [0, 0.1) is 0 Å². The number of anilines is 1. The van der Waals surface area contributed by atoms with Crippen LogP contribution >= 0.6 is 0 Å². The third-order valence-corrected chi connectivity index (χ3v) is 3.64. The van der Waals surface area contributed by atoms with E-state index < -0.39 is 10.1 Å². The molecule has 0 aliphatic rings. The van der Waals surface area contributed by atoms with Crippen molar-refractivity contribution in [3.8, 4) is 5.75 Å². The number of hydrogen-bond donors (Lipinski definition) is 1. The fraction of sp³-hybridized carbons (Fsp3) is 0.167. The maximum atomic E-state index is 11.9. The second-order valence-electron chi connectivity index (χ2n) is 5.11. The summed E-state index contributed by atoms with van der Waals surface area (Å²) in [6.45, 7) is 0.0918. The first-order chi connectivity index (χ1) is 11.9. The molecule has 7 heteroatoms. The Hall–Kier alpha value is -2.64. The van der Waals surface area contributed by atoms with Gasteiger partial charge in [-0.05, 0) is 24.3 Å². The number of hydrogen-bond acceptors (Lipinski definition) is 6. The van der Waals surface area contributed by atoms with Crippen LogP contribution in [0.5, 0.6) is 5.75 Å². The second-order valence-corrected chi connectivity index (χ2v) is 6.75. The molecule has 0 radical (unpaired) electrons. The summed E-state index contributed by atoms with van der Waals surface area (Å²) in [7, 11) is -3.45. The molecule has 2 rings (SSSR count). The molecule has 0 saturated carbocycles. The maximum absolute atomic E-state index is 11.9. The zero-order valence-corrected chi connectivity index (χ0v) is 14.5. The Morgan fingerprint density at radius 3 is 2.36 bits per heavy atom. The minimum Gasteiger partial charge on any atom is -0.491 e. The Morgan fingerprint density at radius 1 is 1.04 bits per heavy atom. The third-order valence-electron chi connectivity index (χ3n) is 3.05. The minimum atomic E-state index is -3.45. The van der Waals surface area contributed by atoms with Gasteiger partial charge in [-0.1, -0.05) is 30.3 Å². The standard InChI is InChI=1S/C18H19NO5S/c1-25(21,22)24-14-13-23-17-9-7-16(8-10-17)19-12-11-18(20)15-5-3-2-4-6-15/h2-12,19H,13-14H2,1H3/b12-11+. The molecule has 6 nitrogen and oxygen atoms in total.